The molecule has 0 atom stereocenters. The predicted octanol–water partition coefficient (Wildman–Crippen LogP) is 3.99. The van der Waals surface area contributed by atoms with E-state index in [0.29, 0.717) is 0 Å². The molecule has 0 saturated carbocycles. The van der Waals surface area contributed by atoms with Crippen LogP contribution >= 0.6 is 0 Å². The monoisotopic (exact) mass is 249 g/mol. The van der Waals surface area contributed by atoms with Crippen molar-refractivity contribution < 1.29 is 0 Å². The van der Waals surface area contributed by atoms with Gasteiger partial charge in [0.1, 0.15) is 12.1 Å². The van der Waals surface area contributed by atoms with Gasteiger partial charge in [-0.1, -0.05) is 18.2 Å². The summed E-state index contributed by atoms with van der Waals surface area (Å²) in [7, 11) is 0. The summed E-state index contributed by atoms with van der Waals surface area (Å²) in [6.45, 7) is 4.19. The molecule has 3 nitrogen and oxygen atoms in total. The van der Waals surface area contributed by atoms with E-state index < -0.39 is 0 Å². The highest BCUT2D eigenvalue weighted by atomic mass is 15.0. The van der Waals surface area contributed by atoms with Crippen LogP contribution in [0, 0.1) is 13.8 Å². The van der Waals surface area contributed by atoms with Crippen molar-refractivity contribution in [3.8, 4) is 0 Å². The van der Waals surface area contributed by atoms with Gasteiger partial charge in [-0.15, -0.1) is 0 Å². The molecule has 2 aromatic carbocycles. The van der Waals surface area contributed by atoms with Gasteiger partial charge in [0.15, 0.2) is 0 Å². The van der Waals surface area contributed by atoms with Crippen LogP contribution in [0.25, 0.3) is 10.9 Å². The number of fused-ring (bicyclic) bond motifs is 1. The normalized spacial score (nSPS) is 10.6. The van der Waals surface area contributed by atoms with Crippen LogP contribution < -0.4 is 5.32 Å². The first-order chi connectivity index (χ1) is 9.22. The average molecular weight is 249 g/mol. The van der Waals surface area contributed by atoms with Gasteiger partial charge in [0.05, 0.1) is 5.52 Å². The fraction of sp³-hybridized carbons (Fsp3) is 0.125. The van der Waals surface area contributed by atoms with Crippen LogP contribution in [-0.4, -0.2) is 9.97 Å². The second-order valence-electron chi connectivity index (χ2n) is 4.74. The predicted molar refractivity (Wildman–Crippen MR) is 78.7 cm³/mol. The summed E-state index contributed by atoms with van der Waals surface area (Å²) in [6, 6.07) is 14.4. The number of anilines is 2. The molecule has 0 fully saturated rings. The fourth-order valence-electron chi connectivity index (χ4n) is 2.29. The van der Waals surface area contributed by atoms with Crippen LogP contribution in [0.1, 0.15) is 11.1 Å². The third kappa shape index (κ3) is 2.40. The largest absolute Gasteiger partial charge is 0.340 e. The maximum absolute atomic E-state index is 4.34. The lowest BCUT2D eigenvalue weighted by atomic mass is 10.1. The molecule has 0 bridgehead atoms. The van der Waals surface area contributed by atoms with E-state index >= 15 is 0 Å². The molecule has 0 aliphatic carbocycles. The van der Waals surface area contributed by atoms with Crippen LogP contribution in [0.4, 0.5) is 11.5 Å². The lowest BCUT2D eigenvalue weighted by molar-refractivity contribution is 1.22. The summed E-state index contributed by atoms with van der Waals surface area (Å²) in [5.41, 5.74) is 4.48. The van der Waals surface area contributed by atoms with Gasteiger partial charge >= 0.3 is 0 Å². The second kappa shape index (κ2) is 4.69. The molecule has 0 radical (unpaired) electrons. The molecule has 0 amide bonds. The topological polar surface area (TPSA) is 37.8 Å². The highest BCUT2D eigenvalue weighted by molar-refractivity contribution is 5.90. The zero-order valence-corrected chi connectivity index (χ0v) is 11.0. The Kier molecular flexibility index (Phi) is 2.88. The molecule has 3 heteroatoms. The zero-order valence-electron chi connectivity index (χ0n) is 11.0. The number of benzene rings is 2. The van der Waals surface area contributed by atoms with Crippen molar-refractivity contribution in [2.24, 2.45) is 0 Å². The van der Waals surface area contributed by atoms with Gasteiger partial charge in [-0.3, -0.25) is 0 Å². The van der Waals surface area contributed by atoms with Crippen molar-refractivity contribution in [1.29, 1.82) is 0 Å². The highest BCUT2D eigenvalue weighted by Gasteiger charge is 2.03. The summed E-state index contributed by atoms with van der Waals surface area (Å²) in [5, 5.41) is 4.41. The molecular formula is C16H15N3. The Morgan fingerprint density at radius 1 is 0.895 bits per heavy atom. The molecule has 0 aliphatic heterocycles. The SMILES string of the molecule is Cc1cc(C)cc(Nc2ncnc3ccccc23)c1. The summed E-state index contributed by atoms with van der Waals surface area (Å²) in [6.07, 6.45) is 1.59. The average Bonchev–Trinajstić information content (AvgIpc) is 2.38. The molecule has 3 aromatic rings. The van der Waals surface area contributed by atoms with Crippen LogP contribution in [0.15, 0.2) is 48.8 Å². The van der Waals surface area contributed by atoms with Crippen molar-refractivity contribution >= 4 is 22.4 Å². The number of hydrogen-bond donors (Lipinski definition) is 1. The Balaban J connectivity index is 2.05. The molecule has 1 N–H and O–H groups in total. The van der Waals surface area contributed by atoms with E-state index in [4.69, 9.17) is 0 Å². The number of para-hydroxylation sites is 1. The maximum atomic E-state index is 4.34. The van der Waals surface area contributed by atoms with Gasteiger partial charge in [-0.25, -0.2) is 9.97 Å². The molecule has 0 spiro atoms. The molecule has 1 aromatic heterocycles. The number of aryl methyl sites for hydroxylation is 2. The minimum absolute atomic E-state index is 0.843. The smallest absolute Gasteiger partial charge is 0.141 e. The Hall–Kier alpha value is -2.42. The summed E-state index contributed by atoms with van der Waals surface area (Å²) < 4.78 is 0. The van der Waals surface area contributed by atoms with Crippen molar-refractivity contribution in [2.75, 3.05) is 5.32 Å². The molecule has 3 rings (SSSR count). The van der Waals surface area contributed by atoms with Crippen LogP contribution in [-0.2, 0) is 0 Å². The van der Waals surface area contributed by atoms with Crippen molar-refractivity contribution in [2.45, 2.75) is 13.8 Å². The molecule has 0 aliphatic rings. The lowest BCUT2D eigenvalue weighted by Gasteiger charge is -2.09. The summed E-state index contributed by atoms with van der Waals surface area (Å²) >= 11 is 0. The van der Waals surface area contributed by atoms with E-state index in [1.165, 1.54) is 11.1 Å². The van der Waals surface area contributed by atoms with Crippen molar-refractivity contribution in [3.63, 3.8) is 0 Å². The first-order valence-electron chi connectivity index (χ1n) is 6.27. The van der Waals surface area contributed by atoms with E-state index in [1.54, 1.807) is 6.33 Å². The number of nitrogens with zero attached hydrogens (tertiary/aromatic N) is 2. The number of rotatable bonds is 2. The standard InChI is InChI=1S/C16H15N3/c1-11-7-12(2)9-13(8-11)19-16-14-5-3-4-6-15(14)17-10-18-16/h3-10H,1-2H3,(H,17,18,19). The Morgan fingerprint density at radius 3 is 2.42 bits per heavy atom. The Labute approximate surface area is 112 Å². The van der Waals surface area contributed by atoms with E-state index in [1.807, 2.05) is 24.3 Å². The molecule has 0 saturated heterocycles. The number of aromatic nitrogens is 2. The van der Waals surface area contributed by atoms with Crippen LogP contribution in [0.2, 0.25) is 0 Å². The minimum atomic E-state index is 0.843. The summed E-state index contributed by atoms with van der Waals surface area (Å²) in [5.74, 6) is 0.843. The van der Waals surface area contributed by atoms with E-state index in [-0.39, 0.29) is 0 Å². The Morgan fingerprint density at radius 2 is 1.63 bits per heavy atom. The molecular weight excluding hydrogens is 234 g/mol. The Bertz CT molecular complexity index is 709. The third-order valence-electron chi connectivity index (χ3n) is 3.03. The van der Waals surface area contributed by atoms with Gasteiger partial charge in [0.2, 0.25) is 0 Å². The van der Waals surface area contributed by atoms with Crippen LogP contribution in [0.5, 0.6) is 0 Å². The first kappa shape index (κ1) is 11.7. The van der Waals surface area contributed by atoms with Gasteiger partial charge in [-0.05, 0) is 49.2 Å². The van der Waals surface area contributed by atoms with Gasteiger partial charge < -0.3 is 5.32 Å². The molecule has 19 heavy (non-hydrogen) atoms. The molecule has 1 heterocycles. The fourth-order valence-corrected chi connectivity index (χ4v) is 2.29. The van der Waals surface area contributed by atoms with E-state index in [0.717, 1.165) is 22.4 Å². The third-order valence-corrected chi connectivity index (χ3v) is 3.03. The van der Waals surface area contributed by atoms with Crippen molar-refractivity contribution in [1.82, 2.24) is 9.97 Å². The van der Waals surface area contributed by atoms with Gasteiger partial charge in [0, 0.05) is 11.1 Å². The lowest BCUT2D eigenvalue weighted by Crippen LogP contribution is -1.96. The van der Waals surface area contributed by atoms with Crippen LogP contribution in [0.3, 0.4) is 0 Å². The first-order valence-corrected chi connectivity index (χ1v) is 6.27. The summed E-state index contributed by atoms with van der Waals surface area (Å²) in [4.78, 5) is 8.61. The maximum Gasteiger partial charge on any atom is 0.141 e. The van der Waals surface area contributed by atoms with Crippen molar-refractivity contribution in [3.05, 3.63) is 59.9 Å². The highest BCUT2D eigenvalue weighted by Crippen LogP contribution is 2.23. The molecule has 94 valence electrons. The number of hydrogen-bond acceptors (Lipinski definition) is 3. The minimum Gasteiger partial charge on any atom is -0.340 e. The quantitative estimate of drug-likeness (QED) is 0.746. The molecule has 0 unspecified atom stereocenters. The zero-order chi connectivity index (χ0) is 13.2. The van der Waals surface area contributed by atoms with E-state index in [9.17, 15) is 0 Å². The van der Waals surface area contributed by atoms with Gasteiger partial charge in [0.25, 0.3) is 0 Å². The van der Waals surface area contributed by atoms with E-state index in [2.05, 4.69) is 47.3 Å². The number of nitrogens with one attached hydrogen (secondary N) is 1. The second-order valence-corrected chi connectivity index (χ2v) is 4.74. The van der Waals surface area contributed by atoms with Gasteiger partial charge in [-0.2, -0.15) is 0 Å².